The Morgan fingerprint density at radius 2 is 2.40 bits per heavy atom. The number of ether oxygens (including phenoxy) is 1. The second-order valence-electron chi connectivity index (χ2n) is 1.50. The molecule has 0 fully saturated rings. The maximum Gasteiger partial charge on any atom is 0.223 e. The predicted octanol–water partition coefficient (Wildman–Crippen LogP) is 1.90. The zero-order chi connectivity index (χ0) is 7.56. The van der Waals surface area contributed by atoms with E-state index in [0.717, 1.165) is 0 Å². The van der Waals surface area contributed by atoms with Crippen molar-refractivity contribution < 1.29 is 4.74 Å². The Morgan fingerprint density at radius 1 is 1.70 bits per heavy atom. The van der Waals surface area contributed by atoms with Gasteiger partial charge in [-0.2, -0.15) is 0 Å². The minimum atomic E-state index is 0.202. The molecule has 1 aromatic rings. The van der Waals surface area contributed by atoms with Gasteiger partial charge in [0.25, 0.3) is 0 Å². The molecule has 0 unspecified atom stereocenters. The number of halogens is 2. The van der Waals surface area contributed by atoms with Crippen molar-refractivity contribution in [2.45, 2.75) is 0 Å². The quantitative estimate of drug-likeness (QED) is 0.539. The molecule has 0 bridgehead atoms. The summed E-state index contributed by atoms with van der Waals surface area (Å²) in [5, 5.41) is 0.202. The number of nitrogens with zero attached hydrogens (tertiary/aromatic N) is 2. The van der Waals surface area contributed by atoms with E-state index in [9.17, 15) is 0 Å². The van der Waals surface area contributed by atoms with Gasteiger partial charge in [0.15, 0.2) is 10.4 Å². The summed E-state index contributed by atoms with van der Waals surface area (Å²) < 4.78 is 5.43. The highest BCUT2D eigenvalue weighted by molar-refractivity contribution is 9.10. The van der Waals surface area contributed by atoms with Crippen molar-refractivity contribution in [3.05, 3.63) is 16.1 Å². The molecule has 0 aromatic carbocycles. The average molecular weight is 223 g/mol. The molecule has 0 aliphatic heterocycles. The average Bonchev–Trinajstić information content (AvgIpc) is 1.88. The van der Waals surface area contributed by atoms with E-state index in [1.807, 2.05) is 0 Å². The van der Waals surface area contributed by atoms with E-state index in [0.29, 0.717) is 10.4 Å². The first-order valence-corrected chi connectivity index (χ1v) is 3.63. The molecule has 0 amide bonds. The van der Waals surface area contributed by atoms with Gasteiger partial charge in [-0.3, -0.25) is 0 Å². The molecule has 0 aliphatic rings. The predicted molar refractivity (Wildman–Crippen MR) is 41.3 cm³/mol. The fourth-order valence-electron chi connectivity index (χ4n) is 0.467. The maximum absolute atomic E-state index is 5.47. The molecule has 0 aliphatic carbocycles. The highest BCUT2D eigenvalue weighted by Crippen LogP contribution is 2.21. The molecule has 0 saturated heterocycles. The molecule has 0 saturated carbocycles. The normalized spacial score (nSPS) is 9.50. The van der Waals surface area contributed by atoms with Gasteiger partial charge in [-0.1, -0.05) is 0 Å². The Morgan fingerprint density at radius 3 is 2.90 bits per heavy atom. The van der Waals surface area contributed by atoms with Crippen LogP contribution < -0.4 is 4.74 Å². The van der Waals surface area contributed by atoms with E-state index in [-0.39, 0.29) is 5.28 Å². The summed E-state index contributed by atoms with van der Waals surface area (Å²) in [5.41, 5.74) is 0. The van der Waals surface area contributed by atoms with E-state index < -0.39 is 0 Å². The molecule has 5 heteroatoms. The van der Waals surface area contributed by atoms with Crippen molar-refractivity contribution >= 4 is 27.5 Å². The molecular formula is C5H4BrClN2O. The Balaban J connectivity index is 3.07. The molecule has 0 N–H and O–H groups in total. The molecule has 0 radical (unpaired) electrons. The van der Waals surface area contributed by atoms with E-state index in [4.69, 9.17) is 16.3 Å². The number of methoxy groups -OCH3 is 1. The lowest BCUT2D eigenvalue weighted by atomic mass is 10.6. The van der Waals surface area contributed by atoms with Crippen molar-refractivity contribution in [1.82, 2.24) is 9.97 Å². The third-order valence-electron chi connectivity index (χ3n) is 0.902. The van der Waals surface area contributed by atoms with Crippen molar-refractivity contribution in [2.24, 2.45) is 0 Å². The monoisotopic (exact) mass is 222 g/mol. The summed E-state index contributed by atoms with van der Waals surface area (Å²) in [6.07, 6.45) is 1.50. The fraction of sp³-hybridized carbons (Fsp3) is 0.200. The summed E-state index contributed by atoms with van der Waals surface area (Å²) in [4.78, 5) is 7.50. The van der Waals surface area contributed by atoms with Crippen molar-refractivity contribution in [3.8, 4) is 5.75 Å². The number of hydrogen-bond donors (Lipinski definition) is 0. The van der Waals surface area contributed by atoms with Gasteiger partial charge in [-0.05, 0) is 27.5 Å². The van der Waals surface area contributed by atoms with Crippen LogP contribution in [0.25, 0.3) is 0 Å². The third kappa shape index (κ3) is 1.58. The van der Waals surface area contributed by atoms with Gasteiger partial charge in [-0.15, -0.1) is 0 Å². The second kappa shape index (κ2) is 3.16. The standard InChI is InChI=1S/C5H4BrClN2O/c1-10-3-2-8-5(7)9-4(3)6/h2H,1H3. The van der Waals surface area contributed by atoms with Gasteiger partial charge in [0.1, 0.15) is 0 Å². The smallest absolute Gasteiger partial charge is 0.223 e. The fourth-order valence-corrected chi connectivity index (χ4v) is 1.13. The largest absolute Gasteiger partial charge is 0.492 e. The summed E-state index contributed by atoms with van der Waals surface area (Å²) in [5.74, 6) is 0.574. The summed E-state index contributed by atoms with van der Waals surface area (Å²) in [6, 6.07) is 0. The minimum absolute atomic E-state index is 0.202. The second-order valence-corrected chi connectivity index (χ2v) is 2.59. The Labute approximate surface area is 71.5 Å². The van der Waals surface area contributed by atoms with Crippen LogP contribution in [0.1, 0.15) is 0 Å². The lowest BCUT2D eigenvalue weighted by Gasteiger charge is -1.99. The van der Waals surface area contributed by atoms with Gasteiger partial charge in [0.2, 0.25) is 5.28 Å². The van der Waals surface area contributed by atoms with Gasteiger partial charge in [0, 0.05) is 0 Å². The lowest BCUT2D eigenvalue weighted by molar-refractivity contribution is 0.407. The maximum atomic E-state index is 5.47. The van der Waals surface area contributed by atoms with Gasteiger partial charge in [0.05, 0.1) is 13.3 Å². The van der Waals surface area contributed by atoms with Crippen molar-refractivity contribution in [3.63, 3.8) is 0 Å². The first-order valence-electron chi connectivity index (χ1n) is 2.46. The molecule has 3 nitrogen and oxygen atoms in total. The third-order valence-corrected chi connectivity index (χ3v) is 1.65. The number of hydrogen-bond acceptors (Lipinski definition) is 3. The molecule has 1 aromatic heterocycles. The van der Waals surface area contributed by atoms with Crippen LogP contribution >= 0.6 is 27.5 Å². The number of rotatable bonds is 1. The Hall–Kier alpha value is -0.350. The Kier molecular flexibility index (Phi) is 2.45. The van der Waals surface area contributed by atoms with Gasteiger partial charge >= 0.3 is 0 Å². The van der Waals surface area contributed by atoms with Crippen LogP contribution in [0.2, 0.25) is 5.28 Å². The number of aromatic nitrogens is 2. The van der Waals surface area contributed by atoms with Gasteiger partial charge in [-0.25, -0.2) is 9.97 Å². The lowest BCUT2D eigenvalue weighted by Crippen LogP contribution is -1.89. The molecular weight excluding hydrogens is 219 g/mol. The van der Waals surface area contributed by atoms with Crippen molar-refractivity contribution in [1.29, 1.82) is 0 Å². The van der Waals surface area contributed by atoms with E-state index in [1.54, 1.807) is 0 Å². The zero-order valence-electron chi connectivity index (χ0n) is 5.14. The van der Waals surface area contributed by atoms with E-state index in [2.05, 4.69) is 25.9 Å². The molecule has 0 atom stereocenters. The zero-order valence-corrected chi connectivity index (χ0v) is 7.48. The van der Waals surface area contributed by atoms with Crippen LogP contribution in [0.3, 0.4) is 0 Å². The summed E-state index contributed by atoms with van der Waals surface area (Å²) in [7, 11) is 1.54. The van der Waals surface area contributed by atoms with Crippen LogP contribution in [0.5, 0.6) is 5.75 Å². The summed E-state index contributed by atoms with van der Waals surface area (Å²) in [6.45, 7) is 0. The Bertz CT molecular complexity index is 243. The van der Waals surface area contributed by atoms with E-state index in [1.165, 1.54) is 13.3 Å². The topological polar surface area (TPSA) is 35.0 Å². The molecule has 54 valence electrons. The minimum Gasteiger partial charge on any atom is -0.492 e. The molecule has 10 heavy (non-hydrogen) atoms. The molecule has 0 spiro atoms. The van der Waals surface area contributed by atoms with Gasteiger partial charge < -0.3 is 4.74 Å². The van der Waals surface area contributed by atoms with Crippen LogP contribution in [0.15, 0.2) is 10.8 Å². The van der Waals surface area contributed by atoms with Crippen molar-refractivity contribution in [2.75, 3.05) is 7.11 Å². The first-order chi connectivity index (χ1) is 4.74. The van der Waals surface area contributed by atoms with Crippen LogP contribution in [-0.2, 0) is 0 Å². The highest BCUT2D eigenvalue weighted by atomic mass is 79.9. The highest BCUT2D eigenvalue weighted by Gasteiger charge is 2.00. The first kappa shape index (κ1) is 7.75. The van der Waals surface area contributed by atoms with Crippen LogP contribution in [-0.4, -0.2) is 17.1 Å². The van der Waals surface area contributed by atoms with E-state index >= 15 is 0 Å². The summed E-state index contributed by atoms with van der Waals surface area (Å²) >= 11 is 8.61. The van der Waals surface area contributed by atoms with Crippen LogP contribution in [0, 0.1) is 0 Å². The van der Waals surface area contributed by atoms with Crippen LogP contribution in [0.4, 0.5) is 0 Å². The molecule has 1 rings (SSSR count). The molecule has 1 heterocycles. The SMILES string of the molecule is COc1cnc(Cl)nc1Br.